The van der Waals surface area contributed by atoms with Gasteiger partial charge in [-0.05, 0) is 37.6 Å². The van der Waals surface area contributed by atoms with Crippen LogP contribution in [0, 0.1) is 12.7 Å². The van der Waals surface area contributed by atoms with Crippen LogP contribution in [0.5, 0.6) is 11.6 Å². The second kappa shape index (κ2) is 14.2. The first-order valence-corrected chi connectivity index (χ1v) is 14.1. The van der Waals surface area contributed by atoms with E-state index in [0.717, 1.165) is 5.56 Å². The normalized spacial score (nSPS) is 12.8. The van der Waals surface area contributed by atoms with Gasteiger partial charge in [-0.25, -0.2) is 32.6 Å². The van der Waals surface area contributed by atoms with Gasteiger partial charge >= 0.3 is 12.1 Å². The van der Waals surface area contributed by atoms with Gasteiger partial charge < -0.3 is 19.3 Å². The number of benzene rings is 1. The zero-order valence-corrected chi connectivity index (χ0v) is 25.1. The second-order valence-electron chi connectivity index (χ2n) is 8.97. The third-order valence-corrected chi connectivity index (χ3v) is 7.61. The molecule has 45 heavy (non-hydrogen) atoms. The van der Waals surface area contributed by atoms with Crippen molar-refractivity contribution in [3.8, 4) is 28.8 Å². The van der Waals surface area contributed by atoms with Crippen LogP contribution in [0.4, 0.5) is 23.5 Å². The number of pyridine rings is 1. The molecular formula is C26H27F4N7O7S. The highest BCUT2D eigenvalue weighted by molar-refractivity contribution is 7.93. The van der Waals surface area contributed by atoms with Gasteiger partial charge in [0.2, 0.25) is 21.9 Å². The summed E-state index contributed by atoms with van der Waals surface area (Å²) < 4.78 is 93.6. The number of hydrogen-bond acceptors (Lipinski definition) is 11. The summed E-state index contributed by atoms with van der Waals surface area (Å²) in [5.41, 5.74) is 0.946. The number of aryl methyl sites for hydroxylation is 1. The number of carbonyl (C=O) groups is 1. The number of anilines is 1. The monoisotopic (exact) mass is 657 g/mol. The van der Waals surface area contributed by atoms with E-state index in [4.69, 9.17) is 24.1 Å². The number of aliphatic carboxylic acids is 1. The molecule has 1 aromatic carbocycles. The fourth-order valence-corrected chi connectivity index (χ4v) is 4.83. The van der Waals surface area contributed by atoms with Crippen LogP contribution in [0.25, 0.3) is 17.2 Å². The molecule has 0 aliphatic heterocycles. The van der Waals surface area contributed by atoms with E-state index in [-0.39, 0.29) is 40.6 Å². The van der Waals surface area contributed by atoms with Crippen molar-refractivity contribution in [2.24, 2.45) is 0 Å². The molecule has 0 radical (unpaired) electrons. The first kappa shape index (κ1) is 34.6. The molecule has 19 heteroatoms. The van der Waals surface area contributed by atoms with E-state index in [1.54, 1.807) is 30.6 Å². The summed E-state index contributed by atoms with van der Waals surface area (Å²) in [6, 6.07) is 9.08. The fourth-order valence-electron chi connectivity index (χ4n) is 3.70. The molecular weight excluding hydrogens is 630 g/mol. The SMILES string of the molecule is COc1cccc(-c2nnc(NS(=O)(=O)C(C)C(OC)c3ncc(C)cn3)n2-c2c(F)cccc2OC)n1.O=C(O)C(F)(F)F. The first-order valence-electron chi connectivity index (χ1n) is 12.6. The van der Waals surface area contributed by atoms with Crippen LogP contribution in [0.15, 0.2) is 48.8 Å². The van der Waals surface area contributed by atoms with Crippen LogP contribution >= 0.6 is 0 Å². The number of methoxy groups -OCH3 is 3. The average Bonchev–Trinajstić information content (AvgIpc) is 3.40. The zero-order chi connectivity index (χ0) is 33.5. The maximum absolute atomic E-state index is 15.2. The Hall–Kier alpha value is -4.91. The summed E-state index contributed by atoms with van der Waals surface area (Å²) >= 11 is 0. The van der Waals surface area contributed by atoms with Gasteiger partial charge in [-0.1, -0.05) is 12.1 Å². The molecule has 0 spiro atoms. The summed E-state index contributed by atoms with van der Waals surface area (Å²) in [6.07, 6.45) is -2.96. The lowest BCUT2D eigenvalue weighted by atomic mass is 10.2. The minimum atomic E-state index is -5.08. The molecule has 0 bridgehead atoms. The summed E-state index contributed by atoms with van der Waals surface area (Å²) in [5.74, 6) is -3.13. The first-order chi connectivity index (χ1) is 21.1. The number of carboxylic acids is 1. The Morgan fingerprint density at radius 1 is 1.02 bits per heavy atom. The van der Waals surface area contributed by atoms with Crippen molar-refractivity contribution in [3.05, 3.63) is 66.0 Å². The van der Waals surface area contributed by atoms with Gasteiger partial charge in [0.15, 0.2) is 17.5 Å². The Kier molecular flexibility index (Phi) is 10.9. The van der Waals surface area contributed by atoms with Gasteiger partial charge in [0.25, 0.3) is 0 Å². The number of ether oxygens (including phenoxy) is 3. The molecule has 2 atom stereocenters. The highest BCUT2D eigenvalue weighted by Crippen LogP contribution is 2.34. The standard InChI is InChI=1S/C24H26FN7O5S.C2HF3O2/c1-14-12-26-22(27-13-14)21(37-5)15(2)38(33,34)31-24-30-29-23(17-9-7-11-19(28-17)36-4)32(24)20-16(25)8-6-10-18(20)35-3;3-2(4,5)1(6)7/h6-13,15,21H,1-5H3,(H,30,31);(H,6,7). The summed E-state index contributed by atoms with van der Waals surface area (Å²) in [4.78, 5) is 21.6. The fraction of sp³-hybridized carbons (Fsp3) is 0.308. The van der Waals surface area contributed by atoms with Crippen LogP contribution in [0.3, 0.4) is 0 Å². The second-order valence-corrected chi connectivity index (χ2v) is 11.0. The Labute approximate surface area is 254 Å². The maximum atomic E-state index is 15.2. The number of rotatable bonds is 10. The molecule has 14 nitrogen and oxygen atoms in total. The molecule has 4 aromatic rings. The van der Waals surface area contributed by atoms with E-state index >= 15 is 4.39 Å². The molecule has 3 heterocycles. The van der Waals surface area contributed by atoms with Crippen molar-refractivity contribution in [2.75, 3.05) is 26.1 Å². The quantitative estimate of drug-likeness (QED) is 0.236. The van der Waals surface area contributed by atoms with Crippen molar-refractivity contribution in [3.63, 3.8) is 0 Å². The predicted octanol–water partition coefficient (Wildman–Crippen LogP) is 3.74. The minimum absolute atomic E-state index is 0.0443. The molecule has 0 saturated carbocycles. The third kappa shape index (κ3) is 8.18. The van der Waals surface area contributed by atoms with E-state index in [0.29, 0.717) is 0 Å². The van der Waals surface area contributed by atoms with Gasteiger partial charge in [0.1, 0.15) is 28.5 Å². The summed E-state index contributed by atoms with van der Waals surface area (Å²) in [6.45, 7) is 3.25. The van der Waals surface area contributed by atoms with E-state index in [1.165, 1.54) is 51.0 Å². The Morgan fingerprint density at radius 2 is 1.64 bits per heavy atom. The van der Waals surface area contributed by atoms with Gasteiger partial charge in [-0.15, -0.1) is 10.2 Å². The number of halogens is 4. The zero-order valence-electron chi connectivity index (χ0n) is 24.3. The van der Waals surface area contributed by atoms with E-state index in [9.17, 15) is 21.6 Å². The number of nitrogens with one attached hydrogen (secondary N) is 1. The summed E-state index contributed by atoms with van der Waals surface area (Å²) in [7, 11) is -0.0440. The van der Waals surface area contributed by atoms with E-state index < -0.39 is 39.3 Å². The number of nitrogens with zero attached hydrogens (tertiary/aromatic N) is 6. The van der Waals surface area contributed by atoms with Crippen molar-refractivity contribution >= 4 is 21.9 Å². The molecule has 0 aliphatic carbocycles. The van der Waals surface area contributed by atoms with Crippen LogP contribution in [0.1, 0.15) is 24.4 Å². The topological polar surface area (TPSA) is 181 Å². The highest BCUT2D eigenvalue weighted by Gasteiger charge is 2.38. The predicted molar refractivity (Wildman–Crippen MR) is 150 cm³/mol. The van der Waals surface area contributed by atoms with Crippen LogP contribution < -0.4 is 14.2 Å². The van der Waals surface area contributed by atoms with Crippen LogP contribution in [-0.2, 0) is 19.6 Å². The number of alkyl halides is 3. The van der Waals surface area contributed by atoms with Gasteiger partial charge in [-0.2, -0.15) is 13.2 Å². The molecule has 242 valence electrons. The lowest BCUT2D eigenvalue weighted by molar-refractivity contribution is -0.192. The third-order valence-electron chi connectivity index (χ3n) is 5.92. The van der Waals surface area contributed by atoms with Gasteiger partial charge in [0, 0.05) is 25.6 Å². The van der Waals surface area contributed by atoms with Crippen molar-refractivity contribution in [1.29, 1.82) is 0 Å². The van der Waals surface area contributed by atoms with Gasteiger partial charge in [-0.3, -0.25) is 9.29 Å². The smallest absolute Gasteiger partial charge is 0.490 e. The van der Waals surface area contributed by atoms with Crippen LogP contribution in [0.2, 0.25) is 0 Å². The number of sulfonamides is 1. The molecule has 0 amide bonds. The molecule has 0 aliphatic rings. The van der Waals surface area contributed by atoms with E-state index in [2.05, 4.69) is 29.9 Å². The molecule has 2 unspecified atom stereocenters. The Morgan fingerprint density at radius 3 is 2.20 bits per heavy atom. The van der Waals surface area contributed by atoms with Crippen molar-refractivity contribution < 1.29 is 50.1 Å². The number of para-hydroxylation sites is 1. The Bertz CT molecular complexity index is 1740. The molecule has 3 aromatic heterocycles. The molecule has 4 rings (SSSR count). The number of carboxylic acid groups (broad SMARTS) is 1. The van der Waals surface area contributed by atoms with Crippen LogP contribution in [-0.4, -0.2) is 82.0 Å². The lowest BCUT2D eigenvalue weighted by Gasteiger charge is -2.22. The van der Waals surface area contributed by atoms with E-state index in [1.807, 2.05) is 6.92 Å². The molecule has 0 saturated heterocycles. The number of hydrogen-bond donors (Lipinski definition) is 2. The minimum Gasteiger partial charge on any atom is -0.494 e. The van der Waals surface area contributed by atoms with Crippen molar-refractivity contribution in [2.45, 2.75) is 31.4 Å². The average molecular weight is 658 g/mol. The molecule has 0 fully saturated rings. The molecule has 2 N–H and O–H groups in total. The largest absolute Gasteiger partial charge is 0.494 e. The highest BCUT2D eigenvalue weighted by atomic mass is 32.2. The number of aromatic nitrogens is 6. The summed E-state index contributed by atoms with van der Waals surface area (Å²) in [5, 5.41) is 14.1. The maximum Gasteiger partial charge on any atom is 0.490 e. The lowest BCUT2D eigenvalue weighted by Crippen LogP contribution is -2.33. The Balaban J connectivity index is 0.000000707. The van der Waals surface area contributed by atoms with Crippen molar-refractivity contribution in [1.82, 2.24) is 29.7 Å². The van der Waals surface area contributed by atoms with Gasteiger partial charge in [0.05, 0.1) is 14.2 Å².